The molecule has 0 radical (unpaired) electrons. The number of thiophene rings is 1. The van der Waals surface area contributed by atoms with Crippen LogP contribution in [0.5, 0.6) is 0 Å². The van der Waals surface area contributed by atoms with Crippen molar-refractivity contribution in [2.24, 2.45) is 0 Å². The molecule has 0 aliphatic rings. The Balaban J connectivity index is 2.46. The lowest BCUT2D eigenvalue weighted by Gasteiger charge is -2.19. The molecule has 0 N–H and O–H groups in total. The van der Waals surface area contributed by atoms with E-state index < -0.39 is 0 Å². The molecule has 1 heterocycles. The fourth-order valence-electron chi connectivity index (χ4n) is 1.78. The van der Waals surface area contributed by atoms with Crippen LogP contribution in [0.4, 0.5) is 0 Å². The molecule has 0 aliphatic heterocycles. The highest BCUT2D eigenvalue weighted by atomic mass is 32.1. The van der Waals surface area contributed by atoms with Crippen molar-refractivity contribution in [1.29, 1.82) is 0 Å². The minimum atomic E-state index is 0.138. The molecular formula is C14H16O2S. The van der Waals surface area contributed by atoms with Gasteiger partial charge in [0, 0.05) is 10.3 Å². The Labute approximate surface area is 105 Å². The quantitative estimate of drug-likeness (QED) is 0.771. The first-order valence-corrected chi connectivity index (χ1v) is 6.46. The summed E-state index contributed by atoms with van der Waals surface area (Å²) in [4.78, 5) is 10.2. The number of rotatable bonds is 3. The highest BCUT2D eigenvalue weighted by Crippen LogP contribution is 2.31. The average molecular weight is 248 g/mol. The van der Waals surface area contributed by atoms with Crippen LogP contribution in [0.2, 0.25) is 0 Å². The summed E-state index contributed by atoms with van der Waals surface area (Å²) in [5, 5.41) is 3.25. The van der Waals surface area contributed by atoms with Crippen LogP contribution < -0.4 is 0 Å². The van der Waals surface area contributed by atoms with Crippen LogP contribution in [-0.4, -0.2) is 6.47 Å². The van der Waals surface area contributed by atoms with Gasteiger partial charge in [0.25, 0.3) is 6.47 Å². The number of benzene rings is 1. The van der Waals surface area contributed by atoms with Gasteiger partial charge in [-0.3, -0.25) is 4.79 Å². The Morgan fingerprint density at radius 3 is 2.76 bits per heavy atom. The van der Waals surface area contributed by atoms with E-state index in [1.807, 2.05) is 0 Å². The van der Waals surface area contributed by atoms with Crippen molar-refractivity contribution in [3.8, 4) is 0 Å². The van der Waals surface area contributed by atoms with Gasteiger partial charge >= 0.3 is 0 Å². The number of ether oxygens (including phenoxy) is 1. The number of hydrogen-bond acceptors (Lipinski definition) is 3. The third-order valence-electron chi connectivity index (χ3n) is 2.83. The van der Waals surface area contributed by atoms with Gasteiger partial charge in [0.2, 0.25) is 0 Å². The van der Waals surface area contributed by atoms with E-state index in [-0.39, 0.29) is 5.41 Å². The predicted octanol–water partition coefficient (Wildman–Crippen LogP) is 3.87. The van der Waals surface area contributed by atoms with E-state index in [0.29, 0.717) is 13.1 Å². The summed E-state index contributed by atoms with van der Waals surface area (Å²) in [6.45, 7) is 7.45. The molecule has 0 atom stereocenters. The third-order valence-corrected chi connectivity index (χ3v) is 3.84. The van der Waals surface area contributed by atoms with Crippen molar-refractivity contribution in [1.82, 2.24) is 0 Å². The fourth-order valence-corrected chi connectivity index (χ4v) is 2.71. The van der Waals surface area contributed by atoms with Crippen LogP contribution in [0.15, 0.2) is 23.6 Å². The summed E-state index contributed by atoms with van der Waals surface area (Å²) in [5.41, 5.74) is 2.53. The first-order valence-electron chi connectivity index (χ1n) is 5.58. The molecule has 2 rings (SSSR count). The molecule has 17 heavy (non-hydrogen) atoms. The highest BCUT2D eigenvalue weighted by Gasteiger charge is 2.15. The molecule has 3 heteroatoms. The van der Waals surface area contributed by atoms with Gasteiger partial charge < -0.3 is 4.74 Å². The Morgan fingerprint density at radius 2 is 2.12 bits per heavy atom. The van der Waals surface area contributed by atoms with Gasteiger partial charge in [0.15, 0.2) is 0 Å². The molecule has 0 fully saturated rings. The summed E-state index contributed by atoms with van der Waals surface area (Å²) in [6, 6.07) is 6.52. The number of fused-ring (bicyclic) bond motifs is 1. The predicted molar refractivity (Wildman–Crippen MR) is 71.4 cm³/mol. The van der Waals surface area contributed by atoms with E-state index in [2.05, 4.69) is 44.4 Å². The van der Waals surface area contributed by atoms with Gasteiger partial charge in [-0.1, -0.05) is 26.8 Å². The van der Waals surface area contributed by atoms with Gasteiger partial charge in [-0.25, -0.2) is 0 Å². The molecule has 0 saturated heterocycles. The maximum atomic E-state index is 10.2. The minimum absolute atomic E-state index is 0.138. The van der Waals surface area contributed by atoms with E-state index >= 15 is 0 Å². The van der Waals surface area contributed by atoms with Crippen molar-refractivity contribution in [3.05, 3.63) is 34.7 Å². The normalized spacial score (nSPS) is 11.7. The third kappa shape index (κ3) is 2.50. The van der Waals surface area contributed by atoms with Crippen molar-refractivity contribution in [2.75, 3.05) is 0 Å². The minimum Gasteiger partial charge on any atom is -0.463 e. The lowest BCUT2D eigenvalue weighted by molar-refractivity contribution is -0.129. The molecule has 0 amide bonds. The summed E-state index contributed by atoms with van der Waals surface area (Å²) in [5.74, 6) is 0. The maximum Gasteiger partial charge on any atom is 0.293 e. The second-order valence-electron chi connectivity index (χ2n) is 5.13. The molecule has 1 aromatic heterocycles. The molecule has 90 valence electrons. The van der Waals surface area contributed by atoms with E-state index in [1.54, 1.807) is 11.3 Å². The zero-order chi connectivity index (χ0) is 12.5. The van der Waals surface area contributed by atoms with Crippen LogP contribution in [0.1, 0.15) is 31.9 Å². The van der Waals surface area contributed by atoms with Crippen molar-refractivity contribution < 1.29 is 9.53 Å². The second kappa shape index (κ2) is 4.49. The SMILES string of the molecule is CC(C)(C)c1ccc2scc(COC=O)c2c1. The van der Waals surface area contributed by atoms with Gasteiger partial charge in [0.1, 0.15) is 6.61 Å². The van der Waals surface area contributed by atoms with Crippen LogP contribution in [0.3, 0.4) is 0 Å². The van der Waals surface area contributed by atoms with Crippen molar-refractivity contribution in [2.45, 2.75) is 32.8 Å². The smallest absolute Gasteiger partial charge is 0.293 e. The molecule has 0 spiro atoms. The number of hydrogen-bond donors (Lipinski definition) is 0. The Hall–Kier alpha value is -1.35. The lowest BCUT2D eigenvalue weighted by Crippen LogP contribution is -2.10. The van der Waals surface area contributed by atoms with E-state index in [1.165, 1.54) is 15.6 Å². The fraction of sp³-hybridized carbons (Fsp3) is 0.357. The standard InChI is InChI=1S/C14H16O2S/c1-14(2,3)11-4-5-13-12(6-11)10(8-17-13)7-16-9-15/h4-6,8-9H,7H2,1-3H3. The molecule has 2 aromatic rings. The first-order chi connectivity index (χ1) is 8.02. The van der Waals surface area contributed by atoms with E-state index in [4.69, 9.17) is 4.74 Å². The van der Waals surface area contributed by atoms with Crippen LogP contribution in [0, 0.1) is 0 Å². The molecule has 0 saturated carbocycles. The molecule has 0 unspecified atom stereocenters. The highest BCUT2D eigenvalue weighted by molar-refractivity contribution is 7.17. The number of carbonyl (C=O) groups is 1. The molecular weight excluding hydrogens is 232 g/mol. The Kier molecular flexibility index (Phi) is 3.20. The monoisotopic (exact) mass is 248 g/mol. The summed E-state index contributed by atoms with van der Waals surface area (Å²) in [7, 11) is 0. The van der Waals surface area contributed by atoms with Gasteiger partial charge in [-0.2, -0.15) is 0 Å². The topological polar surface area (TPSA) is 26.3 Å². The maximum absolute atomic E-state index is 10.2. The molecule has 2 nitrogen and oxygen atoms in total. The zero-order valence-corrected chi connectivity index (χ0v) is 11.1. The Morgan fingerprint density at radius 1 is 1.35 bits per heavy atom. The summed E-state index contributed by atoms with van der Waals surface area (Å²) >= 11 is 1.69. The Bertz CT molecular complexity index is 535. The number of carbonyl (C=O) groups excluding carboxylic acids is 1. The molecule has 0 bridgehead atoms. The van der Waals surface area contributed by atoms with Crippen LogP contribution in [0.25, 0.3) is 10.1 Å². The van der Waals surface area contributed by atoms with Crippen molar-refractivity contribution >= 4 is 27.9 Å². The van der Waals surface area contributed by atoms with E-state index in [0.717, 1.165) is 5.56 Å². The average Bonchev–Trinajstić information content (AvgIpc) is 2.67. The summed E-state index contributed by atoms with van der Waals surface area (Å²) < 4.78 is 6.08. The van der Waals surface area contributed by atoms with Gasteiger partial charge in [-0.15, -0.1) is 11.3 Å². The van der Waals surface area contributed by atoms with E-state index in [9.17, 15) is 4.79 Å². The first kappa shape index (κ1) is 12.1. The van der Waals surface area contributed by atoms with Crippen LogP contribution in [-0.2, 0) is 21.6 Å². The van der Waals surface area contributed by atoms with Crippen molar-refractivity contribution in [3.63, 3.8) is 0 Å². The lowest BCUT2D eigenvalue weighted by atomic mass is 9.86. The van der Waals surface area contributed by atoms with Gasteiger partial charge in [-0.05, 0) is 33.9 Å². The largest absolute Gasteiger partial charge is 0.463 e. The van der Waals surface area contributed by atoms with Gasteiger partial charge in [0.05, 0.1) is 0 Å². The molecule has 0 aliphatic carbocycles. The second-order valence-corrected chi connectivity index (χ2v) is 6.04. The molecule has 1 aromatic carbocycles. The summed E-state index contributed by atoms with van der Waals surface area (Å²) in [6.07, 6.45) is 0. The van der Waals surface area contributed by atoms with Crippen LogP contribution >= 0.6 is 11.3 Å². The zero-order valence-electron chi connectivity index (χ0n) is 10.3.